The van der Waals surface area contributed by atoms with Crippen molar-refractivity contribution in [2.75, 3.05) is 6.61 Å². The highest BCUT2D eigenvalue weighted by molar-refractivity contribution is 9.10. The lowest BCUT2D eigenvalue weighted by molar-refractivity contribution is 0.0527. The van der Waals surface area contributed by atoms with E-state index in [2.05, 4.69) is 30.9 Å². The van der Waals surface area contributed by atoms with Crippen LogP contribution in [0.1, 0.15) is 23.0 Å². The fourth-order valence-electron chi connectivity index (χ4n) is 2.06. The number of hydrogen-bond donors (Lipinski definition) is 1. The Labute approximate surface area is 128 Å². The van der Waals surface area contributed by atoms with E-state index in [1.54, 1.807) is 24.6 Å². The van der Waals surface area contributed by atoms with Gasteiger partial charge < -0.3 is 14.4 Å². The van der Waals surface area contributed by atoms with Gasteiger partial charge in [-0.1, -0.05) is 5.11 Å². The van der Waals surface area contributed by atoms with Gasteiger partial charge in [-0.05, 0) is 34.5 Å². The van der Waals surface area contributed by atoms with Crippen LogP contribution < -0.4 is 0 Å². The molecule has 0 fully saturated rings. The van der Waals surface area contributed by atoms with Crippen LogP contribution in [0.4, 0.5) is 0 Å². The monoisotopic (exact) mass is 353 g/mol. The van der Waals surface area contributed by atoms with E-state index in [1.807, 2.05) is 0 Å². The van der Waals surface area contributed by atoms with E-state index in [-0.39, 0.29) is 24.6 Å². The number of aryl methyl sites for hydroxylation is 1. The summed E-state index contributed by atoms with van der Waals surface area (Å²) in [6.07, 6.45) is 0. The molecule has 110 valence electrons. The second-order valence-corrected chi connectivity index (χ2v) is 5.01. The SMILES string of the molecule is CCOC(=O)c1c(CN=[N+]=[N-])n(C)c2cc(Br)c(O)nc12. The Morgan fingerprint density at radius 1 is 1.67 bits per heavy atom. The largest absolute Gasteiger partial charge is 0.492 e. The average molecular weight is 354 g/mol. The molecule has 2 aromatic rings. The third-order valence-corrected chi connectivity index (χ3v) is 3.58. The minimum Gasteiger partial charge on any atom is -0.492 e. The molecule has 0 unspecified atom stereocenters. The van der Waals surface area contributed by atoms with Crippen LogP contribution in [0.15, 0.2) is 15.7 Å². The smallest absolute Gasteiger partial charge is 0.342 e. The standard InChI is InChI=1S/C12H12BrN5O3/c1-3-21-12(20)9-8(5-15-17-14)18(2)7-4-6(13)11(19)16-10(7)9/h4H,3,5H2,1-2H3,(H,16,19). The molecule has 8 nitrogen and oxygen atoms in total. The minimum atomic E-state index is -0.569. The number of azide groups is 1. The van der Waals surface area contributed by atoms with Gasteiger partial charge in [0.05, 0.1) is 23.1 Å². The molecule has 0 spiro atoms. The van der Waals surface area contributed by atoms with E-state index in [0.29, 0.717) is 21.2 Å². The molecule has 0 radical (unpaired) electrons. The molecule has 0 aliphatic carbocycles. The van der Waals surface area contributed by atoms with Crippen LogP contribution in [0.25, 0.3) is 21.5 Å². The molecular formula is C12H12BrN5O3. The molecule has 0 aromatic carbocycles. The number of hydrogen-bond acceptors (Lipinski definition) is 5. The molecule has 21 heavy (non-hydrogen) atoms. The van der Waals surface area contributed by atoms with Gasteiger partial charge in [-0.2, -0.15) is 0 Å². The lowest BCUT2D eigenvalue weighted by atomic mass is 10.2. The van der Waals surface area contributed by atoms with Crippen molar-refractivity contribution in [3.63, 3.8) is 0 Å². The fraction of sp³-hybridized carbons (Fsp3) is 0.333. The summed E-state index contributed by atoms with van der Waals surface area (Å²) in [6, 6.07) is 1.64. The second kappa shape index (κ2) is 6.02. The number of pyridine rings is 1. The molecule has 0 aliphatic heterocycles. The topological polar surface area (TPSA) is 113 Å². The van der Waals surface area contributed by atoms with Crippen molar-refractivity contribution in [1.29, 1.82) is 0 Å². The third-order valence-electron chi connectivity index (χ3n) is 2.99. The first kappa shape index (κ1) is 15.1. The Balaban J connectivity index is 2.78. The van der Waals surface area contributed by atoms with E-state index < -0.39 is 5.97 Å². The van der Waals surface area contributed by atoms with Crippen LogP contribution in [0.2, 0.25) is 0 Å². The molecule has 0 saturated carbocycles. The molecule has 0 aliphatic rings. The average Bonchev–Trinajstić information content (AvgIpc) is 2.70. The van der Waals surface area contributed by atoms with Crippen LogP contribution in [-0.2, 0) is 18.3 Å². The van der Waals surface area contributed by atoms with E-state index in [0.717, 1.165) is 0 Å². The number of aromatic nitrogens is 2. The quantitative estimate of drug-likeness (QED) is 0.393. The zero-order valence-electron chi connectivity index (χ0n) is 11.4. The number of ether oxygens (including phenoxy) is 1. The number of carbonyl (C=O) groups excluding carboxylic acids is 1. The molecule has 9 heteroatoms. The zero-order valence-corrected chi connectivity index (χ0v) is 13.0. The van der Waals surface area contributed by atoms with Crippen LogP contribution in [0.3, 0.4) is 0 Å². The lowest BCUT2D eigenvalue weighted by Crippen LogP contribution is -2.08. The van der Waals surface area contributed by atoms with Gasteiger partial charge in [0.15, 0.2) is 0 Å². The van der Waals surface area contributed by atoms with E-state index in [4.69, 9.17) is 10.3 Å². The summed E-state index contributed by atoms with van der Waals surface area (Å²) in [5.41, 5.74) is 10.1. The highest BCUT2D eigenvalue weighted by atomic mass is 79.9. The predicted octanol–water partition coefficient (Wildman–Crippen LogP) is 3.03. The number of nitrogens with zero attached hydrogens (tertiary/aromatic N) is 5. The minimum absolute atomic E-state index is 0.0180. The molecule has 1 N–H and O–H groups in total. The van der Waals surface area contributed by atoms with Crippen LogP contribution in [0.5, 0.6) is 5.88 Å². The van der Waals surface area contributed by atoms with E-state index >= 15 is 0 Å². The molecule has 2 heterocycles. The Hall–Kier alpha value is -2.25. The number of fused-ring (bicyclic) bond motifs is 1. The third kappa shape index (κ3) is 2.65. The number of aromatic hydroxyl groups is 1. The molecule has 0 bridgehead atoms. The predicted molar refractivity (Wildman–Crippen MR) is 78.9 cm³/mol. The van der Waals surface area contributed by atoms with Gasteiger partial charge in [0.1, 0.15) is 11.1 Å². The Morgan fingerprint density at radius 3 is 3.00 bits per heavy atom. The van der Waals surface area contributed by atoms with Crippen molar-refractivity contribution in [3.05, 3.63) is 32.2 Å². The molecule has 0 saturated heterocycles. The van der Waals surface area contributed by atoms with Gasteiger partial charge in [-0.25, -0.2) is 9.78 Å². The van der Waals surface area contributed by atoms with E-state index in [9.17, 15) is 9.90 Å². The summed E-state index contributed by atoms with van der Waals surface area (Å²) in [6.45, 7) is 1.88. The molecule has 0 amide bonds. The summed E-state index contributed by atoms with van der Waals surface area (Å²) in [4.78, 5) is 18.9. The maximum absolute atomic E-state index is 12.1. The molecule has 2 rings (SSSR count). The number of esters is 1. The molecular weight excluding hydrogens is 342 g/mol. The maximum Gasteiger partial charge on any atom is 0.342 e. The van der Waals surface area contributed by atoms with Crippen molar-refractivity contribution >= 4 is 32.9 Å². The number of carbonyl (C=O) groups is 1. The summed E-state index contributed by atoms with van der Waals surface area (Å²) < 4.78 is 7.11. The summed E-state index contributed by atoms with van der Waals surface area (Å²) in [7, 11) is 1.72. The van der Waals surface area contributed by atoms with Crippen molar-refractivity contribution in [3.8, 4) is 5.88 Å². The zero-order chi connectivity index (χ0) is 15.6. The lowest BCUT2D eigenvalue weighted by Gasteiger charge is -2.04. The summed E-state index contributed by atoms with van der Waals surface area (Å²) in [5, 5.41) is 13.2. The molecule has 0 atom stereocenters. The van der Waals surface area contributed by atoms with Gasteiger partial charge in [-0.3, -0.25) is 0 Å². The van der Waals surface area contributed by atoms with E-state index in [1.165, 1.54) is 0 Å². The highest BCUT2D eigenvalue weighted by Crippen LogP contribution is 2.31. The number of halogens is 1. The Bertz CT molecular complexity index is 764. The first-order valence-corrected chi connectivity index (χ1v) is 6.85. The second-order valence-electron chi connectivity index (χ2n) is 4.15. The first-order chi connectivity index (χ1) is 10.0. The Kier molecular flexibility index (Phi) is 4.35. The normalized spacial score (nSPS) is 10.4. The van der Waals surface area contributed by atoms with Crippen molar-refractivity contribution in [2.45, 2.75) is 13.5 Å². The van der Waals surface area contributed by atoms with Crippen molar-refractivity contribution < 1.29 is 14.6 Å². The van der Waals surface area contributed by atoms with Gasteiger partial charge in [-0.15, -0.1) is 0 Å². The van der Waals surface area contributed by atoms with Crippen LogP contribution in [0, 0.1) is 0 Å². The van der Waals surface area contributed by atoms with Crippen LogP contribution >= 0.6 is 15.9 Å². The number of rotatable bonds is 4. The summed E-state index contributed by atoms with van der Waals surface area (Å²) >= 11 is 3.18. The van der Waals surface area contributed by atoms with Crippen molar-refractivity contribution in [2.24, 2.45) is 12.2 Å². The maximum atomic E-state index is 12.1. The highest BCUT2D eigenvalue weighted by Gasteiger charge is 2.24. The Morgan fingerprint density at radius 2 is 2.38 bits per heavy atom. The first-order valence-electron chi connectivity index (χ1n) is 6.06. The fourth-order valence-corrected chi connectivity index (χ4v) is 2.37. The van der Waals surface area contributed by atoms with Crippen molar-refractivity contribution in [1.82, 2.24) is 9.55 Å². The van der Waals surface area contributed by atoms with Crippen LogP contribution in [-0.4, -0.2) is 27.2 Å². The van der Waals surface area contributed by atoms with Gasteiger partial charge >= 0.3 is 5.97 Å². The van der Waals surface area contributed by atoms with Gasteiger partial charge in [0, 0.05) is 17.7 Å². The van der Waals surface area contributed by atoms with Gasteiger partial charge in [0.2, 0.25) is 5.88 Å². The van der Waals surface area contributed by atoms with Gasteiger partial charge in [0.25, 0.3) is 0 Å². The summed E-state index contributed by atoms with van der Waals surface area (Å²) in [5.74, 6) is -0.797. The molecule has 2 aromatic heterocycles.